The van der Waals surface area contributed by atoms with Gasteiger partial charge in [-0.1, -0.05) is 12.8 Å². The molecule has 1 fully saturated rings. The van der Waals surface area contributed by atoms with E-state index in [1.54, 1.807) is 6.20 Å². The predicted molar refractivity (Wildman–Crippen MR) is 86.3 cm³/mol. The second-order valence-corrected chi connectivity index (χ2v) is 6.68. The molecule has 2 heterocycles. The number of hydrogen-bond donors (Lipinski definition) is 1. The Balaban J connectivity index is 1.85. The minimum atomic E-state index is -0.449. The summed E-state index contributed by atoms with van der Waals surface area (Å²) in [5.74, 6) is 0.359. The summed E-state index contributed by atoms with van der Waals surface area (Å²) in [6, 6.07) is 4.41. The molecular weight excluding hydrogens is 304 g/mol. The van der Waals surface area contributed by atoms with Crippen molar-refractivity contribution in [3.63, 3.8) is 0 Å². The zero-order chi connectivity index (χ0) is 16.7. The average molecular weight is 324 g/mol. The summed E-state index contributed by atoms with van der Waals surface area (Å²) in [5.41, 5.74) is 7.81. The van der Waals surface area contributed by atoms with Gasteiger partial charge in [0.15, 0.2) is 5.78 Å². The van der Waals surface area contributed by atoms with E-state index in [-0.39, 0.29) is 11.7 Å². The zero-order valence-corrected chi connectivity index (χ0v) is 13.5. The molecule has 0 amide bonds. The van der Waals surface area contributed by atoms with Crippen molar-refractivity contribution in [2.75, 3.05) is 0 Å². The molecule has 3 aliphatic rings. The van der Waals surface area contributed by atoms with Crippen LogP contribution in [0.5, 0.6) is 0 Å². The number of nitrogens with zero attached hydrogens (tertiary/aromatic N) is 3. The molecule has 1 aromatic heterocycles. The van der Waals surface area contributed by atoms with Crippen LogP contribution >= 0.6 is 0 Å². The third-order valence-electron chi connectivity index (χ3n) is 5.27. The Labute approximate surface area is 140 Å². The molecule has 0 saturated heterocycles. The van der Waals surface area contributed by atoms with Gasteiger partial charge in [-0.25, -0.2) is 0 Å². The van der Waals surface area contributed by atoms with Gasteiger partial charge in [0.1, 0.15) is 17.4 Å². The first-order valence-corrected chi connectivity index (χ1v) is 8.58. The van der Waals surface area contributed by atoms with Gasteiger partial charge in [-0.3, -0.25) is 9.48 Å². The normalized spacial score (nSPS) is 24.8. The number of ether oxygens (including phenoxy) is 1. The summed E-state index contributed by atoms with van der Waals surface area (Å²) in [5, 5.41) is 14.1. The van der Waals surface area contributed by atoms with Crippen molar-refractivity contribution in [3.8, 4) is 6.07 Å². The maximum atomic E-state index is 12.6. The van der Waals surface area contributed by atoms with E-state index in [4.69, 9.17) is 10.5 Å². The number of rotatable bonds is 2. The maximum absolute atomic E-state index is 12.6. The quantitative estimate of drug-likeness (QED) is 0.902. The van der Waals surface area contributed by atoms with E-state index in [1.165, 1.54) is 12.8 Å². The molecule has 1 unspecified atom stereocenters. The summed E-state index contributed by atoms with van der Waals surface area (Å²) in [6.07, 6.45) is 8.24. The van der Waals surface area contributed by atoms with Gasteiger partial charge in [-0.2, -0.15) is 10.4 Å². The van der Waals surface area contributed by atoms with E-state index in [2.05, 4.69) is 11.2 Å². The highest BCUT2D eigenvalue weighted by Crippen LogP contribution is 2.44. The van der Waals surface area contributed by atoms with Crippen molar-refractivity contribution in [3.05, 3.63) is 40.7 Å². The average Bonchev–Trinajstić information content (AvgIpc) is 3.24. The molecule has 0 bridgehead atoms. The first kappa shape index (κ1) is 15.0. The summed E-state index contributed by atoms with van der Waals surface area (Å²) in [4.78, 5) is 12.6. The lowest BCUT2D eigenvalue weighted by Gasteiger charge is -2.31. The number of nitrogens with two attached hydrogens (primary N) is 1. The van der Waals surface area contributed by atoms with E-state index in [9.17, 15) is 10.1 Å². The molecule has 0 radical (unpaired) electrons. The molecule has 0 spiro atoms. The van der Waals surface area contributed by atoms with Crippen LogP contribution in [-0.2, 0) is 9.53 Å². The summed E-state index contributed by atoms with van der Waals surface area (Å²) < 4.78 is 7.62. The van der Waals surface area contributed by atoms with E-state index in [0.717, 1.165) is 25.0 Å². The molecule has 1 saturated carbocycles. The SMILES string of the molecule is N#CC1=C(N)OC2=C(C(=O)CCC2)C1c1ccnn1C1CCCC1. The summed E-state index contributed by atoms with van der Waals surface area (Å²) in [7, 11) is 0. The van der Waals surface area contributed by atoms with Crippen LogP contribution in [0.2, 0.25) is 0 Å². The van der Waals surface area contributed by atoms with Crippen molar-refractivity contribution in [1.29, 1.82) is 5.26 Å². The first-order chi connectivity index (χ1) is 11.7. The zero-order valence-electron chi connectivity index (χ0n) is 13.5. The summed E-state index contributed by atoms with van der Waals surface area (Å²) in [6.45, 7) is 0. The minimum absolute atomic E-state index is 0.0562. The standard InChI is InChI=1S/C18H20N4O2/c19-10-12-16(13-8-9-21-22(13)11-4-1-2-5-11)17-14(23)6-3-7-15(17)24-18(12)20/h8-9,11,16H,1-7,20H2. The van der Waals surface area contributed by atoms with Crippen molar-refractivity contribution >= 4 is 5.78 Å². The topological polar surface area (TPSA) is 93.9 Å². The second-order valence-electron chi connectivity index (χ2n) is 6.68. The number of carbonyl (C=O) groups excluding carboxylic acids is 1. The van der Waals surface area contributed by atoms with Crippen LogP contribution in [0, 0.1) is 11.3 Å². The van der Waals surface area contributed by atoms with Gasteiger partial charge in [-0.15, -0.1) is 0 Å². The van der Waals surface area contributed by atoms with Crippen LogP contribution in [0.25, 0.3) is 0 Å². The lowest BCUT2D eigenvalue weighted by molar-refractivity contribution is -0.116. The Morgan fingerprint density at radius 3 is 2.83 bits per heavy atom. The Bertz CT molecular complexity index is 790. The van der Waals surface area contributed by atoms with Crippen LogP contribution in [0.15, 0.2) is 35.1 Å². The number of hydrogen-bond acceptors (Lipinski definition) is 5. The van der Waals surface area contributed by atoms with Gasteiger partial charge in [0.2, 0.25) is 5.88 Å². The Morgan fingerprint density at radius 2 is 2.08 bits per heavy atom. The van der Waals surface area contributed by atoms with E-state index in [1.807, 2.05) is 10.7 Å². The highest BCUT2D eigenvalue weighted by molar-refractivity contribution is 5.99. The maximum Gasteiger partial charge on any atom is 0.205 e. The Hall–Kier alpha value is -2.55. The monoisotopic (exact) mass is 324 g/mol. The molecule has 6 nitrogen and oxygen atoms in total. The van der Waals surface area contributed by atoms with Crippen molar-refractivity contribution in [2.45, 2.75) is 56.9 Å². The molecule has 6 heteroatoms. The van der Waals surface area contributed by atoms with Crippen LogP contribution < -0.4 is 5.73 Å². The third-order valence-corrected chi connectivity index (χ3v) is 5.27. The van der Waals surface area contributed by atoms with E-state index in [0.29, 0.717) is 35.8 Å². The molecule has 1 atom stereocenters. The van der Waals surface area contributed by atoms with Crippen molar-refractivity contribution < 1.29 is 9.53 Å². The number of allylic oxidation sites excluding steroid dienone is 3. The lowest BCUT2D eigenvalue weighted by atomic mass is 9.79. The molecule has 1 aliphatic heterocycles. The number of Topliss-reactive ketones (excluding diaryl/α,β-unsaturated/α-hetero) is 1. The lowest BCUT2D eigenvalue weighted by Crippen LogP contribution is -2.29. The van der Waals surface area contributed by atoms with E-state index >= 15 is 0 Å². The summed E-state index contributed by atoms with van der Waals surface area (Å²) >= 11 is 0. The van der Waals surface area contributed by atoms with E-state index < -0.39 is 5.92 Å². The van der Waals surface area contributed by atoms with Crippen LogP contribution in [0.4, 0.5) is 0 Å². The predicted octanol–water partition coefficient (Wildman–Crippen LogP) is 2.81. The number of ketones is 1. The fourth-order valence-electron chi connectivity index (χ4n) is 4.16. The molecule has 24 heavy (non-hydrogen) atoms. The van der Waals surface area contributed by atoms with Gasteiger partial charge in [0.05, 0.1) is 17.7 Å². The van der Waals surface area contributed by atoms with Crippen LogP contribution in [0.1, 0.15) is 62.6 Å². The van der Waals surface area contributed by atoms with Gasteiger partial charge in [0, 0.05) is 24.6 Å². The smallest absolute Gasteiger partial charge is 0.205 e. The fraction of sp³-hybridized carbons (Fsp3) is 0.500. The molecule has 0 aromatic carbocycles. The molecule has 1 aromatic rings. The highest BCUT2D eigenvalue weighted by Gasteiger charge is 2.40. The minimum Gasteiger partial charge on any atom is -0.444 e. The Morgan fingerprint density at radius 1 is 1.29 bits per heavy atom. The molecule has 4 rings (SSSR count). The number of carbonyl (C=O) groups is 1. The van der Waals surface area contributed by atoms with Crippen molar-refractivity contribution in [2.24, 2.45) is 5.73 Å². The molecule has 124 valence electrons. The largest absolute Gasteiger partial charge is 0.444 e. The number of aromatic nitrogens is 2. The second kappa shape index (κ2) is 5.82. The van der Waals surface area contributed by atoms with Gasteiger partial charge in [-0.05, 0) is 25.3 Å². The first-order valence-electron chi connectivity index (χ1n) is 8.58. The highest BCUT2D eigenvalue weighted by atomic mass is 16.5. The molecular formula is C18H20N4O2. The third kappa shape index (κ3) is 2.23. The Kier molecular flexibility index (Phi) is 3.64. The van der Waals surface area contributed by atoms with Gasteiger partial charge < -0.3 is 10.5 Å². The molecule has 2 N–H and O–H groups in total. The van der Waals surface area contributed by atoms with Crippen LogP contribution in [0.3, 0.4) is 0 Å². The van der Waals surface area contributed by atoms with Crippen LogP contribution in [-0.4, -0.2) is 15.6 Å². The fourth-order valence-corrected chi connectivity index (χ4v) is 4.16. The number of nitriles is 1. The molecule has 2 aliphatic carbocycles. The van der Waals surface area contributed by atoms with Gasteiger partial charge >= 0.3 is 0 Å². The van der Waals surface area contributed by atoms with Gasteiger partial charge in [0.25, 0.3) is 0 Å². The van der Waals surface area contributed by atoms with Crippen molar-refractivity contribution in [1.82, 2.24) is 9.78 Å².